The van der Waals surface area contributed by atoms with Crippen LogP contribution in [0.3, 0.4) is 0 Å². The monoisotopic (exact) mass is 1500 g/mol. The van der Waals surface area contributed by atoms with E-state index >= 15 is 0 Å². The van der Waals surface area contributed by atoms with E-state index in [0.29, 0.717) is 67.6 Å². The average Bonchev–Trinajstić information content (AvgIpc) is 1.58. The van der Waals surface area contributed by atoms with Gasteiger partial charge in [0, 0.05) is 62.2 Å². The maximum absolute atomic E-state index is 12.4. The zero-order valence-corrected chi connectivity index (χ0v) is 66.1. The van der Waals surface area contributed by atoms with Crippen LogP contribution < -0.4 is 0 Å². The molecule has 18 rings (SSSR count). The van der Waals surface area contributed by atoms with E-state index in [1.807, 2.05) is 104 Å². The molecule has 107 heavy (non-hydrogen) atoms. The van der Waals surface area contributed by atoms with Crippen LogP contribution in [0.4, 0.5) is 0 Å². The molecule has 27 unspecified atom stereocenters. The zero-order valence-electron chi connectivity index (χ0n) is 66.1. The molecule has 8 heterocycles. The summed E-state index contributed by atoms with van der Waals surface area (Å²) in [5.74, 6) is 0.658. The molecule has 598 valence electrons. The van der Waals surface area contributed by atoms with Gasteiger partial charge in [-0.15, -0.1) is 0 Å². The Kier molecular flexibility index (Phi) is 24.8. The Morgan fingerprint density at radius 1 is 0.383 bits per heavy atom. The third-order valence-corrected chi connectivity index (χ3v) is 27.9. The van der Waals surface area contributed by atoms with E-state index in [4.69, 9.17) is 56.8 Å². The molecule has 18 aliphatic rings. The van der Waals surface area contributed by atoms with Crippen LogP contribution in [0.5, 0.6) is 0 Å². The standard InChI is InChI=1S/C16H24O4.C15H22O4.C14H20O4.C13H18O4.C13H20O4.C12H18O4/c1-4-15(2,3)14(18)20-16-7-10-5-11(8-16)13(17)19-12(6-10)9-16;1-3-9(2)13(16)19-15-6-10-4-11(7-15)14(17)18-12(5-10)8-15;1-4-14(2,3)13(16)18-10-7-5-8-9(6-7)12(15)17-11(8)10;1-3-6(2)12(14)16-10-7-4-8-9(5-7)13(15)17-11(8)10;1-4-13(2,3)12(15)17-9-6-5-8-7-10(9)16-11(8)14;1-3-7(2)11(13)15-9-5-4-8-6-10(9)16-12(8)14/h10-12H,4-9H2,1-3H3;9-12H,3-8H2,1-2H3;7-11H,4-6H2,1-3H3;6-11H,3-5H2,1-2H3;8-10H,4-7H2,1-3H3;7-10H,3-6H2,1-2H3. The van der Waals surface area contributed by atoms with E-state index in [-0.39, 0.29) is 186 Å². The summed E-state index contributed by atoms with van der Waals surface area (Å²) in [6, 6.07) is 0. The van der Waals surface area contributed by atoms with Crippen molar-refractivity contribution in [3.05, 3.63) is 0 Å². The number of fused-ring (bicyclic) bond motifs is 8. The zero-order chi connectivity index (χ0) is 77.7. The number of carbonyl (C=O) groups is 12. The fourth-order valence-corrected chi connectivity index (χ4v) is 19.4. The van der Waals surface area contributed by atoms with Crippen LogP contribution in [0.15, 0.2) is 0 Å². The molecular weight excluding hydrogens is 1380 g/mol. The van der Waals surface area contributed by atoms with Gasteiger partial charge in [-0.2, -0.15) is 0 Å². The minimum atomic E-state index is -0.459. The SMILES string of the molecule is CCC(C)(C)C(=O)OC12CC3CC(C1)OC(=O)C(C3)C2.CCC(C)(C)C(=O)OC1C2CC3C(=O)OC1C3C2.CCC(C)(C)C(=O)OC1CCC2CC1OC2=O.CCC(C)C(=O)OC12CC3CC(C1)OC(=O)C(C3)C2.CCC(C)C(=O)OC1C2CC3C(=O)OC1C3C2.CCC(C)C(=O)OC1CCC2CC1OC2=O. The third kappa shape index (κ3) is 17.6. The summed E-state index contributed by atoms with van der Waals surface area (Å²) >= 11 is 0. The number of carbonyl (C=O) groups excluding carboxylic acids is 12. The van der Waals surface area contributed by atoms with Crippen molar-refractivity contribution >= 4 is 71.6 Å². The van der Waals surface area contributed by atoms with Gasteiger partial charge in [0.05, 0.1) is 69.5 Å². The molecule has 8 saturated heterocycles. The molecule has 0 N–H and O–H groups in total. The van der Waals surface area contributed by atoms with E-state index in [0.717, 1.165) is 135 Å². The molecule has 24 nitrogen and oxygen atoms in total. The number of rotatable bonds is 18. The largest absolute Gasteiger partial charge is 0.462 e. The molecule has 0 spiro atoms. The normalized spacial score (nSPS) is 38.8. The fraction of sp³-hybridized carbons (Fsp3) is 0.855. The highest BCUT2D eigenvalue weighted by molar-refractivity contribution is 5.81. The highest BCUT2D eigenvalue weighted by Gasteiger charge is 2.65. The Morgan fingerprint density at radius 2 is 0.766 bits per heavy atom. The molecule has 24 heteroatoms. The van der Waals surface area contributed by atoms with Gasteiger partial charge in [0.1, 0.15) is 72.2 Å². The molecule has 10 aliphatic carbocycles. The molecule has 8 aliphatic heterocycles. The highest BCUT2D eigenvalue weighted by Crippen LogP contribution is 2.58. The van der Waals surface area contributed by atoms with E-state index < -0.39 is 27.4 Å². The second kappa shape index (κ2) is 32.5. The summed E-state index contributed by atoms with van der Waals surface area (Å²) < 4.78 is 66.1. The van der Waals surface area contributed by atoms with E-state index in [2.05, 4.69) is 0 Å². The Bertz CT molecular complexity index is 3350. The lowest BCUT2D eigenvalue weighted by atomic mass is 9.65. The first-order valence-corrected chi connectivity index (χ1v) is 41.0. The van der Waals surface area contributed by atoms with Crippen LogP contribution >= 0.6 is 0 Å². The first-order valence-electron chi connectivity index (χ1n) is 41.0. The van der Waals surface area contributed by atoms with Gasteiger partial charge in [-0.1, -0.05) is 62.3 Å². The average molecular weight is 1500 g/mol. The van der Waals surface area contributed by atoms with Gasteiger partial charge in [0.25, 0.3) is 0 Å². The van der Waals surface area contributed by atoms with Gasteiger partial charge < -0.3 is 56.8 Å². The van der Waals surface area contributed by atoms with Gasteiger partial charge >= 0.3 is 71.6 Å². The van der Waals surface area contributed by atoms with Crippen molar-refractivity contribution in [3.8, 4) is 0 Å². The summed E-state index contributed by atoms with van der Waals surface area (Å²) in [5, 5.41) is 0. The minimum Gasteiger partial charge on any atom is -0.462 e. The number of ether oxygens (including phenoxy) is 12. The predicted molar refractivity (Wildman–Crippen MR) is 381 cm³/mol. The van der Waals surface area contributed by atoms with Crippen LogP contribution in [0, 0.1) is 105 Å². The third-order valence-electron chi connectivity index (χ3n) is 27.9. The van der Waals surface area contributed by atoms with E-state index in [9.17, 15) is 57.5 Å². The lowest BCUT2D eigenvalue weighted by Crippen LogP contribution is -2.49. The van der Waals surface area contributed by atoms with Gasteiger partial charge in [0.15, 0.2) is 0 Å². The van der Waals surface area contributed by atoms with Crippen LogP contribution in [-0.4, -0.2) is 144 Å². The summed E-state index contributed by atoms with van der Waals surface area (Å²) in [6.45, 7) is 28.9. The van der Waals surface area contributed by atoms with Gasteiger partial charge in [-0.05, 0) is 182 Å². The molecule has 0 aromatic carbocycles. The number of hydrogen-bond donors (Lipinski definition) is 0. The maximum atomic E-state index is 12.4. The van der Waals surface area contributed by atoms with Crippen molar-refractivity contribution in [3.63, 3.8) is 0 Å². The van der Waals surface area contributed by atoms with Crippen LogP contribution in [0.1, 0.15) is 271 Å². The summed E-state index contributed by atoms with van der Waals surface area (Å²) in [5.41, 5.74) is -2.25. The van der Waals surface area contributed by atoms with Gasteiger partial charge in [-0.3, -0.25) is 57.5 Å². The molecule has 0 aromatic heterocycles. The van der Waals surface area contributed by atoms with Crippen LogP contribution in [-0.2, 0) is 114 Å². The highest BCUT2D eigenvalue weighted by atomic mass is 16.6. The number of esters is 12. The molecular formula is C83H122O24. The molecule has 10 saturated carbocycles. The predicted octanol–water partition coefficient (Wildman–Crippen LogP) is 12.5. The first-order chi connectivity index (χ1) is 50.4. The van der Waals surface area contributed by atoms with Crippen LogP contribution in [0.2, 0.25) is 0 Å². The quantitative estimate of drug-likeness (QED) is 0.0909. The number of hydrogen-bond acceptors (Lipinski definition) is 24. The smallest absolute Gasteiger partial charge is 0.312 e. The van der Waals surface area contributed by atoms with Crippen molar-refractivity contribution in [2.75, 3.05) is 0 Å². The van der Waals surface area contributed by atoms with Gasteiger partial charge in [0.2, 0.25) is 0 Å². The Hall–Kier alpha value is -6.36. The Labute approximate surface area is 631 Å². The molecule has 0 amide bonds. The Morgan fingerprint density at radius 3 is 1.21 bits per heavy atom. The first kappa shape index (κ1) is 81.6. The fourth-order valence-electron chi connectivity index (χ4n) is 19.4. The van der Waals surface area contributed by atoms with Crippen molar-refractivity contribution in [2.45, 2.75) is 343 Å². The van der Waals surface area contributed by atoms with Crippen molar-refractivity contribution in [1.29, 1.82) is 0 Å². The molecule has 16 bridgehead atoms. The second-order valence-corrected chi connectivity index (χ2v) is 36.7. The van der Waals surface area contributed by atoms with Gasteiger partial charge in [-0.25, -0.2) is 0 Å². The van der Waals surface area contributed by atoms with Crippen LogP contribution in [0.25, 0.3) is 0 Å². The molecule has 0 aromatic rings. The summed E-state index contributed by atoms with van der Waals surface area (Å²) in [7, 11) is 0. The minimum absolute atomic E-state index is 0.0362. The van der Waals surface area contributed by atoms with E-state index in [1.165, 1.54) is 0 Å². The van der Waals surface area contributed by atoms with Crippen molar-refractivity contribution in [1.82, 2.24) is 0 Å². The Balaban J connectivity index is 0.000000128. The molecule has 27 atom stereocenters. The van der Waals surface area contributed by atoms with E-state index in [1.54, 1.807) is 0 Å². The summed E-state index contributed by atoms with van der Waals surface area (Å²) in [4.78, 5) is 142. The van der Waals surface area contributed by atoms with Crippen molar-refractivity contribution in [2.24, 2.45) is 105 Å². The topological polar surface area (TPSA) is 316 Å². The lowest BCUT2D eigenvalue weighted by Gasteiger charge is -2.46. The maximum Gasteiger partial charge on any atom is 0.312 e. The molecule has 18 fully saturated rings. The lowest BCUT2D eigenvalue weighted by molar-refractivity contribution is -0.184. The van der Waals surface area contributed by atoms with Crippen molar-refractivity contribution < 1.29 is 114 Å². The molecule has 0 radical (unpaired) electrons. The second-order valence-electron chi connectivity index (χ2n) is 36.7. The summed E-state index contributed by atoms with van der Waals surface area (Å²) in [6.07, 6.45) is 19.3.